The van der Waals surface area contributed by atoms with Crippen LogP contribution < -0.4 is 9.64 Å². The largest absolute Gasteiger partial charge is 0.457 e. The number of hydrogen-bond donors (Lipinski definition) is 0. The molecule has 2 aromatic heterocycles. The first-order chi connectivity index (χ1) is 23.6. The van der Waals surface area contributed by atoms with Gasteiger partial charge in [-0.05, 0) is 82.8 Å². The van der Waals surface area contributed by atoms with Crippen LogP contribution in [0.2, 0.25) is 0 Å². The van der Waals surface area contributed by atoms with Gasteiger partial charge in [-0.3, -0.25) is 4.98 Å². The van der Waals surface area contributed by atoms with E-state index in [-0.39, 0.29) is 10.8 Å². The molecule has 0 unspecified atom stereocenters. The number of fused-ring (bicyclic) bond motifs is 5. The van der Waals surface area contributed by atoms with Crippen LogP contribution in [0.25, 0.3) is 33.7 Å². The Morgan fingerprint density at radius 3 is 2.24 bits per heavy atom. The number of pyridine rings is 1. The zero-order chi connectivity index (χ0) is 33.8. The average Bonchev–Trinajstić information content (AvgIpc) is 3.50. The van der Waals surface area contributed by atoms with Gasteiger partial charge in [0.05, 0.1) is 22.4 Å². The monoisotopic (exact) mass is 640 g/mol. The maximum absolute atomic E-state index is 6.71. The standard InChI is InChI=1S/C44H40N4O/c1-43(2,3)33-25-34(47-29-48-41-21-12-10-19-38(41)46-42(48)37-18-9-11-20-40(37)47)28-36(26-33)49-35-17-13-14-30(24-35)39-27-32(22-23-45-39)44(4,5)31-15-7-6-8-16-31/h6-28H,29H2,1-5H3. The van der Waals surface area contributed by atoms with Gasteiger partial charge in [0, 0.05) is 34.5 Å². The lowest BCUT2D eigenvalue weighted by Crippen LogP contribution is -2.26. The smallest absolute Gasteiger partial charge is 0.144 e. The fraction of sp³-hybridized carbons (Fsp3) is 0.182. The lowest BCUT2D eigenvalue weighted by Gasteiger charge is -2.33. The molecule has 0 bridgehead atoms. The molecule has 3 heterocycles. The van der Waals surface area contributed by atoms with E-state index in [2.05, 4.69) is 165 Å². The molecule has 49 heavy (non-hydrogen) atoms. The van der Waals surface area contributed by atoms with Gasteiger partial charge in [-0.2, -0.15) is 0 Å². The van der Waals surface area contributed by atoms with Crippen molar-refractivity contribution < 1.29 is 4.74 Å². The Morgan fingerprint density at radius 2 is 1.41 bits per heavy atom. The second-order valence-corrected chi connectivity index (χ2v) is 14.5. The molecule has 0 saturated carbocycles. The molecule has 0 spiro atoms. The SMILES string of the molecule is CC(C)(C)c1cc(Oc2cccc(-c3cc(C(C)(C)c4ccccc4)ccn3)c2)cc(N2Cn3c(nc4ccccc43)-c3ccccc32)c1. The van der Waals surface area contributed by atoms with Crippen molar-refractivity contribution in [3.8, 4) is 34.1 Å². The zero-order valence-corrected chi connectivity index (χ0v) is 28.7. The molecule has 0 amide bonds. The molecule has 0 radical (unpaired) electrons. The summed E-state index contributed by atoms with van der Waals surface area (Å²) in [4.78, 5) is 12.2. The van der Waals surface area contributed by atoms with Gasteiger partial charge in [0.2, 0.25) is 0 Å². The fourth-order valence-electron chi connectivity index (χ4n) is 6.85. The van der Waals surface area contributed by atoms with Gasteiger partial charge in [0.25, 0.3) is 0 Å². The van der Waals surface area contributed by atoms with Crippen molar-refractivity contribution in [3.05, 3.63) is 156 Å². The minimum absolute atomic E-state index is 0.0892. The van der Waals surface area contributed by atoms with E-state index >= 15 is 0 Å². The van der Waals surface area contributed by atoms with Crippen molar-refractivity contribution in [1.29, 1.82) is 0 Å². The average molecular weight is 641 g/mol. The Labute approximate surface area is 288 Å². The predicted molar refractivity (Wildman–Crippen MR) is 201 cm³/mol. The lowest BCUT2D eigenvalue weighted by molar-refractivity contribution is 0.478. The van der Waals surface area contributed by atoms with Gasteiger partial charge < -0.3 is 14.2 Å². The van der Waals surface area contributed by atoms with E-state index in [0.717, 1.165) is 56.6 Å². The molecule has 1 aliphatic rings. The van der Waals surface area contributed by atoms with Crippen LogP contribution in [0.4, 0.5) is 11.4 Å². The summed E-state index contributed by atoms with van der Waals surface area (Å²) in [5.41, 5.74) is 10.8. The number of para-hydroxylation sites is 3. The van der Waals surface area contributed by atoms with Gasteiger partial charge in [-0.1, -0.05) is 101 Å². The second-order valence-electron chi connectivity index (χ2n) is 14.5. The van der Waals surface area contributed by atoms with Gasteiger partial charge in [0.15, 0.2) is 0 Å². The topological polar surface area (TPSA) is 43.2 Å². The van der Waals surface area contributed by atoms with Crippen molar-refractivity contribution >= 4 is 22.4 Å². The van der Waals surface area contributed by atoms with Crippen LogP contribution in [0, 0.1) is 0 Å². The van der Waals surface area contributed by atoms with Crippen molar-refractivity contribution in [2.75, 3.05) is 4.90 Å². The summed E-state index contributed by atoms with van der Waals surface area (Å²) >= 11 is 0. The normalized spacial score (nSPS) is 12.9. The first-order valence-corrected chi connectivity index (χ1v) is 16.9. The van der Waals surface area contributed by atoms with Crippen LogP contribution in [0.15, 0.2) is 140 Å². The predicted octanol–water partition coefficient (Wildman–Crippen LogP) is 11.3. The van der Waals surface area contributed by atoms with Crippen molar-refractivity contribution in [2.45, 2.75) is 52.1 Å². The minimum Gasteiger partial charge on any atom is -0.457 e. The summed E-state index contributed by atoms with van der Waals surface area (Å²) < 4.78 is 9.02. The third-order valence-corrected chi connectivity index (χ3v) is 9.78. The Kier molecular flexibility index (Phi) is 7.37. The molecule has 5 nitrogen and oxygen atoms in total. The van der Waals surface area contributed by atoms with Gasteiger partial charge in [-0.15, -0.1) is 0 Å². The van der Waals surface area contributed by atoms with Crippen LogP contribution in [0.1, 0.15) is 51.3 Å². The van der Waals surface area contributed by atoms with E-state index in [9.17, 15) is 0 Å². The van der Waals surface area contributed by atoms with Crippen LogP contribution in [-0.2, 0) is 17.5 Å². The number of imidazole rings is 1. The van der Waals surface area contributed by atoms with Gasteiger partial charge in [-0.25, -0.2) is 4.98 Å². The molecule has 8 rings (SSSR count). The van der Waals surface area contributed by atoms with Crippen molar-refractivity contribution in [3.63, 3.8) is 0 Å². The van der Waals surface area contributed by atoms with E-state index in [4.69, 9.17) is 14.7 Å². The maximum atomic E-state index is 6.71. The van der Waals surface area contributed by atoms with E-state index in [1.54, 1.807) is 0 Å². The quantitative estimate of drug-likeness (QED) is 0.181. The first-order valence-electron chi connectivity index (χ1n) is 16.9. The van der Waals surface area contributed by atoms with Gasteiger partial charge in [0.1, 0.15) is 24.0 Å². The summed E-state index contributed by atoms with van der Waals surface area (Å²) in [5, 5.41) is 0. The number of hydrogen-bond acceptors (Lipinski definition) is 4. The number of benzene rings is 5. The zero-order valence-electron chi connectivity index (χ0n) is 28.7. The minimum atomic E-state index is -0.159. The summed E-state index contributed by atoms with van der Waals surface area (Å²) in [5.74, 6) is 2.56. The highest BCUT2D eigenvalue weighted by Gasteiger charge is 2.28. The van der Waals surface area contributed by atoms with Crippen molar-refractivity contribution in [2.24, 2.45) is 0 Å². The molecule has 5 heteroatoms. The summed E-state index contributed by atoms with van der Waals surface area (Å²) in [7, 11) is 0. The number of anilines is 2. The Bertz CT molecular complexity index is 2310. The molecule has 0 aliphatic carbocycles. The highest BCUT2D eigenvalue weighted by Crippen LogP contribution is 2.44. The summed E-state index contributed by atoms with van der Waals surface area (Å²) in [6.45, 7) is 11.9. The van der Waals surface area contributed by atoms with Crippen LogP contribution in [0.5, 0.6) is 11.5 Å². The fourth-order valence-corrected chi connectivity index (χ4v) is 6.85. The van der Waals surface area contributed by atoms with Gasteiger partial charge >= 0.3 is 0 Å². The Morgan fingerprint density at radius 1 is 0.633 bits per heavy atom. The van der Waals surface area contributed by atoms with E-state index in [0.29, 0.717) is 6.67 Å². The van der Waals surface area contributed by atoms with E-state index < -0.39 is 0 Å². The van der Waals surface area contributed by atoms with Crippen LogP contribution in [-0.4, -0.2) is 14.5 Å². The van der Waals surface area contributed by atoms with E-state index in [1.807, 2.05) is 18.3 Å². The molecule has 0 saturated heterocycles. The molecule has 0 atom stereocenters. The van der Waals surface area contributed by atoms with Crippen LogP contribution >= 0.6 is 0 Å². The number of aromatic nitrogens is 3. The Balaban J connectivity index is 1.16. The first kappa shape index (κ1) is 30.6. The van der Waals surface area contributed by atoms with Crippen LogP contribution in [0.3, 0.4) is 0 Å². The molecule has 0 fully saturated rings. The maximum Gasteiger partial charge on any atom is 0.144 e. The Hall–Kier alpha value is -5.68. The molecular formula is C44H40N4O. The molecule has 7 aromatic rings. The molecular weight excluding hydrogens is 601 g/mol. The van der Waals surface area contributed by atoms with Crippen molar-refractivity contribution in [1.82, 2.24) is 14.5 Å². The highest BCUT2D eigenvalue weighted by atomic mass is 16.5. The molecule has 242 valence electrons. The molecule has 5 aromatic carbocycles. The highest BCUT2D eigenvalue weighted by molar-refractivity contribution is 5.88. The number of nitrogens with zero attached hydrogens (tertiary/aromatic N) is 4. The molecule has 1 aliphatic heterocycles. The molecule has 0 N–H and O–H groups in total. The third-order valence-electron chi connectivity index (χ3n) is 9.78. The number of rotatable bonds is 6. The second kappa shape index (κ2) is 11.8. The lowest BCUT2D eigenvalue weighted by atomic mass is 9.78. The van der Waals surface area contributed by atoms with E-state index in [1.165, 1.54) is 16.7 Å². The number of ether oxygens (including phenoxy) is 1. The summed E-state index contributed by atoms with van der Waals surface area (Å²) in [6.07, 6.45) is 1.91. The third kappa shape index (κ3) is 5.65. The summed E-state index contributed by atoms with van der Waals surface area (Å²) in [6, 6.07) is 46.7.